The molecule has 2 heterocycles. The summed E-state index contributed by atoms with van der Waals surface area (Å²) in [4.78, 5) is 0. The molecule has 2 aliphatic heterocycles. The predicted molar refractivity (Wildman–Crippen MR) is 136 cm³/mol. The molecule has 0 bridgehead atoms. The van der Waals surface area contributed by atoms with E-state index in [0.717, 1.165) is 35.1 Å². The van der Waals surface area contributed by atoms with Gasteiger partial charge in [-0.3, -0.25) is 0 Å². The fourth-order valence-corrected chi connectivity index (χ4v) is 5.36. The van der Waals surface area contributed by atoms with E-state index < -0.39 is 10.0 Å². The quantitative estimate of drug-likeness (QED) is 0.430. The van der Waals surface area contributed by atoms with Crippen molar-refractivity contribution < 1.29 is 13.2 Å². The lowest BCUT2D eigenvalue weighted by Gasteiger charge is -2.32. The third-order valence-electron chi connectivity index (χ3n) is 6.35. The van der Waals surface area contributed by atoms with Crippen molar-refractivity contribution >= 4 is 21.9 Å². The van der Waals surface area contributed by atoms with Crippen molar-refractivity contribution in [2.45, 2.75) is 25.8 Å². The highest BCUT2D eigenvalue weighted by atomic mass is 32.2. The highest BCUT2D eigenvalue weighted by Gasteiger charge is 2.31. The molecule has 34 heavy (non-hydrogen) atoms. The number of hydrogen-bond donors (Lipinski definition) is 2. The zero-order valence-electron chi connectivity index (χ0n) is 19.2. The van der Waals surface area contributed by atoms with Gasteiger partial charge in [-0.25, -0.2) is 8.42 Å². The van der Waals surface area contributed by atoms with Gasteiger partial charge < -0.3 is 15.6 Å². The van der Waals surface area contributed by atoms with E-state index in [4.69, 9.17) is 10.1 Å². The SMILES string of the molecule is C=CS(=O)(=O)N1CCCC(/C(C)=C/C2C=NNC2C(=N)c2ccc(Oc3ccccc3)cc2)C1. The first-order valence-corrected chi connectivity index (χ1v) is 12.9. The number of sulfonamides is 1. The first-order chi connectivity index (χ1) is 16.4. The number of hydrazone groups is 1. The van der Waals surface area contributed by atoms with Crippen LogP contribution in [0.5, 0.6) is 11.5 Å². The van der Waals surface area contributed by atoms with Crippen LogP contribution in [0.15, 0.2) is 83.3 Å². The molecule has 0 amide bonds. The average Bonchev–Trinajstić information content (AvgIpc) is 3.33. The van der Waals surface area contributed by atoms with Gasteiger partial charge in [0.1, 0.15) is 11.5 Å². The molecular weight excluding hydrogens is 448 g/mol. The van der Waals surface area contributed by atoms with Gasteiger partial charge >= 0.3 is 0 Å². The summed E-state index contributed by atoms with van der Waals surface area (Å²) in [5, 5.41) is 14.0. The van der Waals surface area contributed by atoms with Crippen molar-refractivity contribution in [1.82, 2.24) is 9.73 Å². The van der Waals surface area contributed by atoms with Crippen LogP contribution in [0, 0.1) is 17.2 Å². The van der Waals surface area contributed by atoms with Crippen molar-refractivity contribution in [3.05, 3.63) is 83.8 Å². The summed E-state index contributed by atoms with van der Waals surface area (Å²) in [6, 6.07) is 16.8. The summed E-state index contributed by atoms with van der Waals surface area (Å²) in [5.41, 5.74) is 5.41. The van der Waals surface area contributed by atoms with Crippen molar-refractivity contribution in [1.29, 1.82) is 5.41 Å². The normalized spacial score (nSPS) is 23.3. The average molecular weight is 479 g/mol. The van der Waals surface area contributed by atoms with E-state index in [1.54, 1.807) is 0 Å². The lowest BCUT2D eigenvalue weighted by molar-refractivity contribution is 0.294. The van der Waals surface area contributed by atoms with E-state index in [2.05, 4.69) is 23.2 Å². The fourth-order valence-electron chi connectivity index (χ4n) is 4.37. The van der Waals surface area contributed by atoms with Crippen molar-refractivity contribution in [2.24, 2.45) is 16.9 Å². The standard InChI is InChI=1S/C26H30N4O3S/c1-3-34(31,32)30-15-7-8-21(18-30)19(2)16-22-17-28-29-26(22)25(27)20-11-13-24(14-12-20)33-23-9-5-4-6-10-23/h3-6,9-14,16-17,21-22,26-27,29H,1,7-8,15,18H2,2H3/b19-16+,27-25?. The minimum atomic E-state index is -3.41. The smallest absolute Gasteiger partial charge is 0.235 e. The molecule has 2 aromatic rings. The summed E-state index contributed by atoms with van der Waals surface area (Å²) in [6.07, 6.45) is 5.69. The molecule has 0 spiro atoms. The molecule has 2 N–H and O–H groups in total. The van der Waals surface area contributed by atoms with Gasteiger partial charge in [0.05, 0.1) is 11.8 Å². The number of ether oxygens (including phenoxy) is 1. The molecule has 0 aromatic heterocycles. The molecular formula is C26H30N4O3S. The van der Waals surface area contributed by atoms with E-state index in [1.165, 1.54) is 4.31 Å². The Morgan fingerprint density at radius 1 is 1.18 bits per heavy atom. The molecule has 1 fully saturated rings. The topological polar surface area (TPSA) is 94.9 Å². The van der Waals surface area contributed by atoms with Crippen LogP contribution in [0.4, 0.5) is 0 Å². The molecule has 2 aliphatic rings. The van der Waals surface area contributed by atoms with Crippen LogP contribution >= 0.6 is 0 Å². The number of piperidine rings is 1. The Morgan fingerprint density at radius 3 is 2.59 bits per heavy atom. The molecule has 0 radical (unpaired) electrons. The zero-order chi connectivity index (χ0) is 24.1. The van der Waals surface area contributed by atoms with E-state index in [9.17, 15) is 8.42 Å². The maximum Gasteiger partial charge on any atom is 0.235 e. The first kappa shape index (κ1) is 23.9. The molecule has 1 saturated heterocycles. The van der Waals surface area contributed by atoms with Gasteiger partial charge in [-0.1, -0.05) is 36.4 Å². The summed E-state index contributed by atoms with van der Waals surface area (Å²) >= 11 is 0. The summed E-state index contributed by atoms with van der Waals surface area (Å²) < 4.78 is 31.8. The summed E-state index contributed by atoms with van der Waals surface area (Å²) in [6.45, 7) is 6.47. The highest BCUT2D eigenvalue weighted by Crippen LogP contribution is 2.28. The molecule has 4 rings (SSSR count). The Kier molecular flexibility index (Phi) is 7.29. The fraction of sp³-hybridized carbons (Fsp3) is 0.308. The molecule has 3 atom stereocenters. The maximum atomic E-state index is 12.2. The van der Waals surface area contributed by atoms with Crippen LogP contribution in [0.3, 0.4) is 0 Å². The van der Waals surface area contributed by atoms with Gasteiger partial charge in [0.2, 0.25) is 10.0 Å². The van der Waals surface area contributed by atoms with Gasteiger partial charge in [0.15, 0.2) is 0 Å². The predicted octanol–water partition coefficient (Wildman–Crippen LogP) is 4.55. The number of hydrogen-bond acceptors (Lipinski definition) is 6. The summed E-state index contributed by atoms with van der Waals surface area (Å²) in [5.74, 6) is 1.53. The molecule has 3 unspecified atom stereocenters. The van der Waals surface area contributed by atoms with Crippen LogP contribution < -0.4 is 10.2 Å². The monoisotopic (exact) mass is 478 g/mol. The van der Waals surface area contributed by atoms with E-state index >= 15 is 0 Å². The second kappa shape index (κ2) is 10.4. The second-order valence-electron chi connectivity index (χ2n) is 8.63. The Balaban J connectivity index is 1.43. The highest BCUT2D eigenvalue weighted by molar-refractivity contribution is 7.92. The largest absolute Gasteiger partial charge is 0.457 e. The Labute approximate surface area is 201 Å². The Morgan fingerprint density at radius 2 is 1.88 bits per heavy atom. The first-order valence-electron chi connectivity index (χ1n) is 11.4. The number of nitrogens with zero attached hydrogens (tertiary/aromatic N) is 2. The number of benzene rings is 2. The van der Waals surface area contributed by atoms with Crippen molar-refractivity contribution in [3.8, 4) is 11.5 Å². The minimum Gasteiger partial charge on any atom is -0.457 e. The lowest BCUT2D eigenvalue weighted by atomic mass is 9.87. The van der Waals surface area contributed by atoms with Crippen LogP contribution in [0.1, 0.15) is 25.3 Å². The molecule has 0 aliphatic carbocycles. The summed E-state index contributed by atoms with van der Waals surface area (Å²) in [7, 11) is -3.41. The van der Waals surface area contributed by atoms with Crippen molar-refractivity contribution in [3.63, 3.8) is 0 Å². The molecule has 178 valence electrons. The maximum absolute atomic E-state index is 12.2. The van der Waals surface area contributed by atoms with Gasteiger partial charge in [0, 0.05) is 30.6 Å². The number of para-hydroxylation sites is 1. The minimum absolute atomic E-state index is 0.0841. The Hall–Kier alpha value is -3.23. The van der Waals surface area contributed by atoms with Crippen LogP contribution in [0.25, 0.3) is 0 Å². The van der Waals surface area contributed by atoms with Crippen LogP contribution in [-0.2, 0) is 10.0 Å². The number of rotatable bonds is 8. The van der Waals surface area contributed by atoms with Gasteiger partial charge in [0.25, 0.3) is 0 Å². The third-order valence-corrected chi connectivity index (χ3v) is 7.83. The lowest BCUT2D eigenvalue weighted by Crippen LogP contribution is -2.39. The molecule has 0 saturated carbocycles. The number of nitrogens with one attached hydrogen (secondary N) is 2. The molecule has 7 nitrogen and oxygen atoms in total. The van der Waals surface area contributed by atoms with Gasteiger partial charge in [-0.05, 0) is 67.6 Å². The van der Waals surface area contributed by atoms with Crippen LogP contribution in [-0.4, -0.2) is 43.8 Å². The van der Waals surface area contributed by atoms with Gasteiger partial charge in [-0.2, -0.15) is 9.41 Å². The second-order valence-corrected chi connectivity index (χ2v) is 10.5. The zero-order valence-corrected chi connectivity index (χ0v) is 20.0. The van der Waals surface area contributed by atoms with Crippen LogP contribution in [0.2, 0.25) is 0 Å². The Bertz CT molecular complexity index is 1190. The van der Waals surface area contributed by atoms with E-state index in [1.807, 2.05) is 67.7 Å². The third kappa shape index (κ3) is 5.46. The molecule has 2 aromatic carbocycles. The van der Waals surface area contributed by atoms with Gasteiger partial charge in [-0.15, -0.1) is 0 Å². The van der Waals surface area contributed by atoms with E-state index in [0.29, 0.717) is 24.6 Å². The molecule has 8 heteroatoms. The van der Waals surface area contributed by atoms with E-state index in [-0.39, 0.29) is 17.9 Å². The van der Waals surface area contributed by atoms with Crippen molar-refractivity contribution in [2.75, 3.05) is 13.1 Å².